The van der Waals surface area contributed by atoms with Gasteiger partial charge in [-0.1, -0.05) is 36.4 Å². The van der Waals surface area contributed by atoms with Gasteiger partial charge in [0.2, 0.25) is 5.91 Å². The highest BCUT2D eigenvalue weighted by Crippen LogP contribution is 2.19. The number of ether oxygens (including phenoxy) is 1. The molecule has 0 spiro atoms. The molecule has 0 heterocycles. The van der Waals surface area contributed by atoms with E-state index >= 15 is 0 Å². The van der Waals surface area contributed by atoms with Crippen LogP contribution in [0.4, 0.5) is 10.5 Å². The number of nitrogens with zero attached hydrogens (tertiary/aromatic N) is 1. The number of benzene rings is 2. The summed E-state index contributed by atoms with van der Waals surface area (Å²) < 4.78 is 5.15. The van der Waals surface area contributed by atoms with E-state index in [1.807, 2.05) is 63.2 Å². The molecule has 0 aliphatic carbocycles. The van der Waals surface area contributed by atoms with Crippen molar-refractivity contribution < 1.29 is 14.3 Å². The molecule has 0 bridgehead atoms. The molecule has 0 aliphatic rings. The quantitative estimate of drug-likeness (QED) is 0.704. The Bertz CT molecular complexity index is 739. The maximum atomic E-state index is 12.5. The van der Waals surface area contributed by atoms with E-state index in [9.17, 15) is 9.59 Å². The van der Waals surface area contributed by atoms with E-state index in [0.29, 0.717) is 25.9 Å². The number of rotatable bonds is 8. The van der Waals surface area contributed by atoms with Gasteiger partial charge in [-0.3, -0.25) is 4.79 Å². The average Bonchev–Trinajstić information content (AvgIpc) is 2.64. The number of amides is 2. The molecule has 2 aromatic carbocycles. The highest BCUT2D eigenvalue weighted by Gasteiger charge is 2.14. The second-order valence-electron chi connectivity index (χ2n) is 6.58. The van der Waals surface area contributed by atoms with Gasteiger partial charge in [-0.2, -0.15) is 0 Å². The van der Waals surface area contributed by atoms with Crippen LogP contribution in [0.15, 0.2) is 48.5 Å². The third-order valence-corrected chi connectivity index (χ3v) is 4.18. The number of carbonyl (C=O) groups excluding carboxylic acids is 2. The molecule has 5 nitrogen and oxygen atoms in total. The summed E-state index contributed by atoms with van der Waals surface area (Å²) in [4.78, 5) is 26.0. The molecule has 2 rings (SSSR count). The summed E-state index contributed by atoms with van der Waals surface area (Å²) in [5, 5.41) is 2.69. The molecule has 0 radical (unpaired) electrons. The van der Waals surface area contributed by atoms with Crippen molar-refractivity contribution in [1.29, 1.82) is 0 Å². The Kier molecular flexibility index (Phi) is 7.86. The molecule has 0 aromatic heterocycles. The number of hydrogen-bond acceptors (Lipinski definition) is 3. The Morgan fingerprint density at radius 2 is 1.70 bits per heavy atom. The first-order valence-electron chi connectivity index (χ1n) is 9.32. The van der Waals surface area contributed by atoms with Crippen LogP contribution in [-0.4, -0.2) is 25.1 Å². The first-order chi connectivity index (χ1) is 13.0. The van der Waals surface area contributed by atoms with Gasteiger partial charge in [-0.15, -0.1) is 0 Å². The van der Waals surface area contributed by atoms with Crippen LogP contribution in [0.25, 0.3) is 0 Å². The molecule has 0 aliphatic heterocycles. The standard InChI is InChI=1S/C22H28N2O3/c1-4-24(20-14-17(2)13-18(3)15-20)21(25)11-8-12-23-22(26)27-16-19-9-6-5-7-10-19/h5-7,9-10,13-15H,4,8,11-12,16H2,1-3H3,(H,23,26). The molecule has 0 atom stereocenters. The van der Waals surface area contributed by atoms with Gasteiger partial charge in [0.1, 0.15) is 6.61 Å². The Morgan fingerprint density at radius 3 is 2.33 bits per heavy atom. The van der Waals surface area contributed by atoms with Crippen LogP contribution in [0.2, 0.25) is 0 Å². The highest BCUT2D eigenvalue weighted by molar-refractivity contribution is 5.93. The largest absolute Gasteiger partial charge is 0.445 e. The van der Waals surface area contributed by atoms with Gasteiger partial charge < -0.3 is 15.0 Å². The summed E-state index contributed by atoms with van der Waals surface area (Å²) in [5.41, 5.74) is 4.14. The average molecular weight is 368 g/mol. The van der Waals surface area contributed by atoms with Crippen LogP contribution in [0.3, 0.4) is 0 Å². The fourth-order valence-electron chi connectivity index (χ4n) is 2.95. The first-order valence-corrected chi connectivity index (χ1v) is 9.32. The van der Waals surface area contributed by atoms with Crippen molar-refractivity contribution >= 4 is 17.7 Å². The summed E-state index contributed by atoms with van der Waals surface area (Å²) in [6.45, 7) is 7.29. The third kappa shape index (κ3) is 6.77. The zero-order valence-electron chi connectivity index (χ0n) is 16.3. The predicted molar refractivity (Wildman–Crippen MR) is 108 cm³/mol. The minimum atomic E-state index is -0.465. The van der Waals surface area contributed by atoms with Gasteiger partial charge in [0.25, 0.3) is 0 Å². The second-order valence-corrected chi connectivity index (χ2v) is 6.58. The molecule has 0 fully saturated rings. The van der Waals surface area contributed by atoms with Crippen LogP contribution in [-0.2, 0) is 16.1 Å². The SMILES string of the molecule is CCN(C(=O)CCCNC(=O)OCc1ccccc1)c1cc(C)cc(C)c1. The highest BCUT2D eigenvalue weighted by atomic mass is 16.5. The number of carbonyl (C=O) groups is 2. The Labute approximate surface area is 161 Å². The molecule has 0 saturated heterocycles. The van der Waals surface area contributed by atoms with Crippen molar-refractivity contribution in [3.05, 3.63) is 65.2 Å². The lowest BCUT2D eigenvalue weighted by molar-refractivity contribution is -0.118. The van der Waals surface area contributed by atoms with E-state index in [2.05, 4.69) is 11.4 Å². The fraction of sp³-hybridized carbons (Fsp3) is 0.364. The van der Waals surface area contributed by atoms with Gasteiger partial charge >= 0.3 is 6.09 Å². The molecule has 2 aromatic rings. The molecule has 0 unspecified atom stereocenters. The second kappa shape index (κ2) is 10.4. The maximum absolute atomic E-state index is 12.5. The third-order valence-electron chi connectivity index (χ3n) is 4.18. The summed E-state index contributed by atoms with van der Waals surface area (Å²) in [7, 11) is 0. The van der Waals surface area contributed by atoms with Crippen molar-refractivity contribution in [2.24, 2.45) is 0 Å². The van der Waals surface area contributed by atoms with Crippen LogP contribution in [0, 0.1) is 13.8 Å². The lowest BCUT2D eigenvalue weighted by atomic mass is 10.1. The zero-order chi connectivity index (χ0) is 19.6. The number of anilines is 1. The molecule has 5 heteroatoms. The number of alkyl carbamates (subject to hydrolysis) is 1. The van der Waals surface area contributed by atoms with Crippen LogP contribution in [0.5, 0.6) is 0 Å². The van der Waals surface area contributed by atoms with Gasteiger partial charge in [0.05, 0.1) is 0 Å². The fourth-order valence-corrected chi connectivity index (χ4v) is 2.95. The van der Waals surface area contributed by atoms with E-state index < -0.39 is 6.09 Å². The maximum Gasteiger partial charge on any atom is 0.407 e. The topological polar surface area (TPSA) is 58.6 Å². The lowest BCUT2D eigenvalue weighted by Crippen LogP contribution is -2.32. The van der Waals surface area contributed by atoms with Gasteiger partial charge in [0, 0.05) is 25.2 Å². The lowest BCUT2D eigenvalue weighted by Gasteiger charge is -2.22. The minimum absolute atomic E-state index is 0.0574. The summed E-state index contributed by atoms with van der Waals surface area (Å²) >= 11 is 0. The van der Waals surface area contributed by atoms with E-state index in [1.54, 1.807) is 4.90 Å². The van der Waals surface area contributed by atoms with Crippen LogP contribution in [0.1, 0.15) is 36.5 Å². The Hall–Kier alpha value is -2.82. The minimum Gasteiger partial charge on any atom is -0.445 e. The normalized spacial score (nSPS) is 10.3. The number of aryl methyl sites for hydroxylation is 2. The molecule has 2 amide bonds. The van der Waals surface area contributed by atoms with E-state index in [0.717, 1.165) is 22.4 Å². The molecule has 144 valence electrons. The van der Waals surface area contributed by atoms with Gasteiger partial charge in [-0.25, -0.2) is 4.79 Å². The van der Waals surface area contributed by atoms with E-state index in [1.165, 1.54) is 0 Å². The van der Waals surface area contributed by atoms with Gasteiger partial charge in [0.15, 0.2) is 0 Å². The number of hydrogen-bond donors (Lipinski definition) is 1. The van der Waals surface area contributed by atoms with Gasteiger partial charge in [-0.05, 0) is 56.0 Å². The summed E-state index contributed by atoms with van der Waals surface area (Å²) in [5.74, 6) is 0.0574. The van der Waals surface area contributed by atoms with Crippen molar-refractivity contribution in [2.45, 2.75) is 40.2 Å². The Morgan fingerprint density at radius 1 is 1.04 bits per heavy atom. The van der Waals surface area contributed by atoms with E-state index in [4.69, 9.17) is 4.74 Å². The molecular weight excluding hydrogens is 340 g/mol. The van der Waals surface area contributed by atoms with Crippen LogP contribution >= 0.6 is 0 Å². The molecule has 1 N–H and O–H groups in total. The smallest absolute Gasteiger partial charge is 0.407 e. The predicted octanol–water partition coefficient (Wildman–Crippen LogP) is 4.36. The van der Waals surface area contributed by atoms with Crippen molar-refractivity contribution in [3.63, 3.8) is 0 Å². The molecular formula is C22H28N2O3. The van der Waals surface area contributed by atoms with Crippen LogP contribution < -0.4 is 10.2 Å². The van der Waals surface area contributed by atoms with Crippen molar-refractivity contribution in [3.8, 4) is 0 Å². The number of nitrogens with one attached hydrogen (secondary N) is 1. The molecule has 0 saturated carbocycles. The molecule has 27 heavy (non-hydrogen) atoms. The van der Waals surface area contributed by atoms with E-state index in [-0.39, 0.29) is 12.5 Å². The summed E-state index contributed by atoms with van der Waals surface area (Å²) in [6.07, 6.45) is 0.480. The Balaban J connectivity index is 1.73. The first kappa shape index (κ1) is 20.5. The summed E-state index contributed by atoms with van der Waals surface area (Å²) in [6, 6.07) is 15.7. The monoisotopic (exact) mass is 368 g/mol. The van der Waals surface area contributed by atoms with Crippen molar-refractivity contribution in [2.75, 3.05) is 18.0 Å². The zero-order valence-corrected chi connectivity index (χ0v) is 16.3. The van der Waals surface area contributed by atoms with Crippen molar-refractivity contribution in [1.82, 2.24) is 5.32 Å².